The van der Waals surface area contributed by atoms with Crippen LogP contribution in [-0.4, -0.2) is 45.4 Å². The molecule has 0 radical (unpaired) electrons. The average Bonchev–Trinajstić information content (AvgIpc) is 3.02. The van der Waals surface area contributed by atoms with E-state index < -0.39 is 0 Å². The second-order valence-corrected chi connectivity index (χ2v) is 6.14. The highest BCUT2D eigenvalue weighted by Gasteiger charge is 2.25. The maximum absolute atomic E-state index is 12.3. The topological polar surface area (TPSA) is 75.5 Å². The van der Waals surface area contributed by atoms with E-state index in [1.807, 2.05) is 36.2 Å². The molecule has 3 aromatic rings. The Kier molecular flexibility index (Phi) is 3.74. The highest BCUT2D eigenvalue weighted by Crippen LogP contribution is 2.27. The zero-order valence-electron chi connectivity index (χ0n) is 13.1. The third kappa shape index (κ3) is 2.46. The van der Waals surface area contributed by atoms with Gasteiger partial charge in [0.15, 0.2) is 5.82 Å². The number of aromatic nitrogens is 4. The predicted octanol–water partition coefficient (Wildman–Crippen LogP) is 1.96. The van der Waals surface area contributed by atoms with Gasteiger partial charge >= 0.3 is 0 Å². The smallest absolute Gasteiger partial charge is 0.272 e. The third-order valence-electron chi connectivity index (χ3n) is 4.17. The van der Waals surface area contributed by atoms with E-state index in [4.69, 9.17) is 16.3 Å². The summed E-state index contributed by atoms with van der Waals surface area (Å²) < 4.78 is 7.19. The lowest BCUT2D eigenvalue weighted by molar-refractivity contribution is 0.0985. The van der Waals surface area contributed by atoms with Crippen LogP contribution in [0.5, 0.6) is 0 Å². The van der Waals surface area contributed by atoms with E-state index in [0.29, 0.717) is 31.4 Å². The minimum atomic E-state index is -0.356. The van der Waals surface area contributed by atoms with Crippen LogP contribution in [0.4, 0.5) is 5.82 Å². The van der Waals surface area contributed by atoms with Crippen LogP contribution >= 0.6 is 11.6 Å². The minimum Gasteiger partial charge on any atom is -0.377 e. The van der Waals surface area contributed by atoms with Gasteiger partial charge < -0.3 is 14.6 Å². The van der Waals surface area contributed by atoms with E-state index in [-0.39, 0.29) is 16.6 Å². The summed E-state index contributed by atoms with van der Waals surface area (Å²) in [4.78, 5) is 21.7. The van der Waals surface area contributed by atoms with E-state index in [0.717, 1.165) is 11.1 Å². The third-order valence-corrected chi connectivity index (χ3v) is 4.51. The van der Waals surface area contributed by atoms with Crippen molar-refractivity contribution < 1.29 is 4.74 Å². The Bertz CT molecular complexity index is 951. The number of halogens is 1. The van der Waals surface area contributed by atoms with Crippen molar-refractivity contribution in [1.82, 2.24) is 19.6 Å². The zero-order valence-corrected chi connectivity index (χ0v) is 13.8. The van der Waals surface area contributed by atoms with Gasteiger partial charge in [0.05, 0.1) is 36.5 Å². The molecule has 1 fully saturated rings. The fraction of sp³-hybridized carbons (Fsp3) is 0.312. The Hall–Kier alpha value is -2.38. The van der Waals surface area contributed by atoms with Gasteiger partial charge in [0.1, 0.15) is 10.8 Å². The molecule has 0 spiro atoms. The number of hydrogen-bond acceptors (Lipinski definition) is 5. The summed E-state index contributed by atoms with van der Waals surface area (Å²) in [6.45, 7) is 3.83. The van der Waals surface area contributed by atoms with Crippen molar-refractivity contribution in [2.24, 2.45) is 0 Å². The number of nitrogens with zero attached hydrogens (tertiary/aromatic N) is 4. The fourth-order valence-electron chi connectivity index (χ4n) is 2.92. The van der Waals surface area contributed by atoms with Gasteiger partial charge in [-0.1, -0.05) is 17.7 Å². The molecule has 24 heavy (non-hydrogen) atoms. The van der Waals surface area contributed by atoms with Crippen molar-refractivity contribution in [3.63, 3.8) is 0 Å². The molecular formula is C16H16ClN5O2. The van der Waals surface area contributed by atoms with Crippen molar-refractivity contribution >= 4 is 22.9 Å². The molecule has 124 valence electrons. The van der Waals surface area contributed by atoms with Crippen molar-refractivity contribution in [1.29, 1.82) is 0 Å². The maximum Gasteiger partial charge on any atom is 0.272 e. The van der Waals surface area contributed by atoms with E-state index in [1.54, 1.807) is 10.7 Å². The fourth-order valence-corrected chi connectivity index (χ4v) is 3.12. The summed E-state index contributed by atoms with van der Waals surface area (Å²) >= 11 is 6.23. The largest absolute Gasteiger partial charge is 0.377 e. The summed E-state index contributed by atoms with van der Waals surface area (Å²) in [7, 11) is 0. The van der Waals surface area contributed by atoms with Crippen LogP contribution in [0.2, 0.25) is 5.02 Å². The Labute approximate surface area is 142 Å². The Morgan fingerprint density at radius 2 is 2.29 bits per heavy atom. The molecule has 7 nitrogen and oxygen atoms in total. The van der Waals surface area contributed by atoms with Gasteiger partial charge in [-0.2, -0.15) is 5.10 Å². The monoisotopic (exact) mass is 345 g/mol. The molecule has 0 amide bonds. The molecule has 1 unspecified atom stereocenters. The van der Waals surface area contributed by atoms with Gasteiger partial charge in [-0.3, -0.25) is 4.79 Å². The van der Waals surface area contributed by atoms with Crippen molar-refractivity contribution in [2.75, 3.05) is 24.7 Å². The van der Waals surface area contributed by atoms with E-state index in [2.05, 4.69) is 15.1 Å². The van der Waals surface area contributed by atoms with Crippen molar-refractivity contribution in [3.05, 3.63) is 46.0 Å². The first-order chi connectivity index (χ1) is 11.6. The first kappa shape index (κ1) is 15.2. The number of nitrogens with one attached hydrogen (secondary N) is 1. The SMILES string of the molecule is CC1COCCN1c1nc(-c2cnn3ccccc23)[nH]c(=O)c1Cl. The van der Waals surface area contributed by atoms with E-state index >= 15 is 0 Å². The highest BCUT2D eigenvalue weighted by atomic mass is 35.5. The molecule has 1 aliphatic heterocycles. The zero-order chi connectivity index (χ0) is 16.7. The molecular weight excluding hydrogens is 330 g/mol. The van der Waals surface area contributed by atoms with Gasteiger partial charge in [0.2, 0.25) is 0 Å². The lowest BCUT2D eigenvalue weighted by atomic mass is 10.2. The molecule has 0 saturated carbocycles. The van der Waals surface area contributed by atoms with Crippen LogP contribution in [0.3, 0.4) is 0 Å². The molecule has 0 aromatic carbocycles. The van der Waals surface area contributed by atoms with Crippen LogP contribution in [0.1, 0.15) is 6.92 Å². The summed E-state index contributed by atoms with van der Waals surface area (Å²) in [6, 6.07) is 5.83. The second kappa shape index (κ2) is 5.92. The predicted molar refractivity (Wildman–Crippen MR) is 91.7 cm³/mol. The average molecular weight is 346 g/mol. The Morgan fingerprint density at radius 1 is 1.42 bits per heavy atom. The Morgan fingerprint density at radius 3 is 3.12 bits per heavy atom. The van der Waals surface area contributed by atoms with E-state index in [9.17, 15) is 4.79 Å². The molecule has 0 aliphatic carbocycles. The Balaban J connectivity index is 1.87. The second-order valence-electron chi connectivity index (χ2n) is 5.76. The lowest BCUT2D eigenvalue weighted by Gasteiger charge is -2.34. The van der Waals surface area contributed by atoms with Gasteiger partial charge in [0.25, 0.3) is 5.56 Å². The molecule has 3 aromatic heterocycles. The van der Waals surface area contributed by atoms with Gasteiger partial charge in [-0.25, -0.2) is 9.50 Å². The van der Waals surface area contributed by atoms with Gasteiger partial charge in [-0.15, -0.1) is 0 Å². The highest BCUT2D eigenvalue weighted by molar-refractivity contribution is 6.32. The number of H-pyrrole nitrogens is 1. The quantitative estimate of drug-likeness (QED) is 0.768. The van der Waals surface area contributed by atoms with Crippen LogP contribution < -0.4 is 10.5 Å². The van der Waals surface area contributed by atoms with Gasteiger partial charge in [-0.05, 0) is 19.1 Å². The summed E-state index contributed by atoms with van der Waals surface area (Å²) in [5, 5.41) is 4.39. The normalized spacial score (nSPS) is 18.2. The van der Waals surface area contributed by atoms with Crippen LogP contribution in [0.25, 0.3) is 16.9 Å². The van der Waals surface area contributed by atoms with Gasteiger partial charge in [0, 0.05) is 12.7 Å². The number of pyridine rings is 1. The van der Waals surface area contributed by atoms with Crippen molar-refractivity contribution in [2.45, 2.75) is 13.0 Å². The molecule has 0 bridgehead atoms. The van der Waals surface area contributed by atoms with Crippen LogP contribution in [0.15, 0.2) is 35.4 Å². The number of hydrogen-bond donors (Lipinski definition) is 1. The first-order valence-corrected chi connectivity index (χ1v) is 8.10. The number of rotatable bonds is 2. The standard InChI is InChI=1S/C16H16ClN5O2/c1-10-9-24-7-6-21(10)15-13(17)16(23)20-14(19-15)11-8-18-22-5-3-2-4-12(11)22/h2-5,8,10H,6-7,9H2,1H3,(H,19,20,23). The molecule has 4 heterocycles. The number of morpholine rings is 1. The number of anilines is 1. The molecule has 4 rings (SSSR count). The van der Waals surface area contributed by atoms with E-state index in [1.165, 1.54) is 0 Å². The number of fused-ring (bicyclic) bond motifs is 1. The molecule has 1 aliphatic rings. The number of aromatic amines is 1. The molecule has 8 heteroatoms. The lowest BCUT2D eigenvalue weighted by Crippen LogP contribution is -2.44. The van der Waals surface area contributed by atoms with Crippen LogP contribution in [0, 0.1) is 0 Å². The first-order valence-electron chi connectivity index (χ1n) is 7.72. The minimum absolute atomic E-state index is 0.0994. The maximum atomic E-state index is 12.3. The molecule has 1 N–H and O–H groups in total. The summed E-state index contributed by atoms with van der Waals surface area (Å²) in [5.74, 6) is 0.945. The summed E-state index contributed by atoms with van der Waals surface area (Å²) in [5.41, 5.74) is 1.26. The number of ether oxygens (including phenoxy) is 1. The van der Waals surface area contributed by atoms with Crippen LogP contribution in [-0.2, 0) is 4.74 Å². The molecule has 1 atom stereocenters. The van der Waals surface area contributed by atoms with Crippen molar-refractivity contribution in [3.8, 4) is 11.4 Å². The summed E-state index contributed by atoms with van der Waals surface area (Å²) in [6.07, 6.45) is 3.53. The molecule has 1 saturated heterocycles.